The number of hydrogen-bond donors (Lipinski definition) is 2. The highest BCUT2D eigenvalue weighted by Crippen LogP contribution is 2.28. The van der Waals surface area contributed by atoms with Gasteiger partial charge in [-0.3, -0.25) is 9.78 Å². The molecule has 0 bridgehead atoms. The molecule has 1 aliphatic rings. The molecule has 0 saturated heterocycles. The molecule has 0 radical (unpaired) electrons. The van der Waals surface area contributed by atoms with Crippen LogP contribution < -0.4 is 10.2 Å². The van der Waals surface area contributed by atoms with E-state index in [0.29, 0.717) is 18.7 Å². The molecule has 180 valence electrons. The van der Waals surface area contributed by atoms with Gasteiger partial charge in [0.2, 0.25) is 0 Å². The van der Waals surface area contributed by atoms with Crippen molar-refractivity contribution in [2.24, 2.45) is 0 Å². The molecule has 1 aliphatic heterocycles. The van der Waals surface area contributed by atoms with Crippen molar-refractivity contribution in [3.63, 3.8) is 0 Å². The number of hydrogen-bond acceptors (Lipinski definition) is 7. The Morgan fingerprint density at radius 3 is 2.69 bits per heavy atom. The van der Waals surface area contributed by atoms with Crippen molar-refractivity contribution < 1.29 is 9.90 Å². The first-order valence-electron chi connectivity index (χ1n) is 11.7. The number of benzene rings is 1. The second-order valence-electron chi connectivity index (χ2n) is 9.61. The number of aryl methyl sites for hydroxylation is 1. The van der Waals surface area contributed by atoms with Gasteiger partial charge < -0.3 is 15.3 Å². The monoisotopic (exact) mass is 471 g/mol. The predicted molar refractivity (Wildman–Crippen MR) is 132 cm³/mol. The van der Waals surface area contributed by atoms with E-state index in [0.717, 1.165) is 57.9 Å². The number of nitrogens with one attached hydrogen (secondary N) is 1. The van der Waals surface area contributed by atoms with E-state index in [-0.39, 0.29) is 5.91 Å². The molecule has 9 heteroatoms. The van der Waals surface area contributed by atoms with Gasteiger partial charge in [0.15, 0.2) is 11.5 Å². The van der Waals surface area contributed by atoms with E-state index in [1.165, 1.54) is 0 Å². The third-order valence-electron chi connectivity index (χ3n) is 6.68. The smallest absolute Gasteiger partial charge is 0.253 e. The average molecular weight is 472 g/mol. The summed E-state index contributed by atoms with van der Waals surface area (Å²) in [6, 6.07) is 9.53. The molecular formula is C26H29N7O2. The third kappa shape index (κ3) is 4.46. The van der Waals surface area contributed by atoms with E-state index in [9.17, 15) is 9.90 Å². The second-order valence-corrected chi connectivity index (χ2v) is 9.61. The van der Waals surface area contributed by atoms with Crippen LogP contribution in [0.15, 0.2) is 42.9 Å². The summed E-state index contributed by atoms with van der Waals surface area (Å²) in [6.45, 7) is 9.41. The number of anilines is 1. The lowest BCUT2D eigenvalue weighted by atomic mass is 9.97. The van der Waals surface area contributed by atoms with Crippen molar-refractivity contribution >= 4 is 17.4 Å². The Morgan fingerprint density at radius 1 is 1.17 bits per heavy atom. The fourth-order valence-electron chi connectivity index (χ4n) is 4.41. The van der Waals surface area contributed by atoms with Crippen molar-refractivity contribution in [2.45, 2.75) is 52.8 Å². The summed E-state index contributed by atoms with van der Waals surface area (Å²) in [5, 5.41) is 25.9. The van der Waals surface area contributed by atoms with E-state index in [1.54, 1.807) is 30.9 Å². The first-order valence-corrected chi connectivity index (χ1v) is 11.7. The maximum Gasteiger partial charge on any atom is 0.253 e. The summed E-state index contributed by atoms with van der Waals surface area (Å²) in [5.74, 6) is 0.727. The third-order valence-corrected chi connectivity index (χ3v) is 6.68. The minimum Gasteiger partial charge on any atom is -0.386 e. The molecule has 2 N–H and O–H groups in total. The Kier molecular flexibility index (Phi) is 5.72. The van der Waals surface area contributed by atoms with Crippen LogP contribution in [0, 0.1) is 13.8 Å². The van der Waals surface area contributed by atoms with Crippen molar-refractivity contribution in [2.75, 3.05) is 11.4 Å². The molecule has 5 rings (SSSR count). The summed E-state index contributed by atoms with van der Waals surface area (Å²) in [4.78, 5) is 19.7. The summed E-state index contributed by atoms with van der Waals surface area (Å²) in [5.41, 5.74) is 6.38. The molecular weight excluding hydrogens is 442 g/mol. The van der Waals surface area contributed by atoms with Crippen molar-refractivity contribution in [3.05, 3.63) is 81.9 Å². The molecule has 9 nitrogen and oxygen atoms in total. The molecule has 1 amide bonds. The Morgan fingerprint density at radius 2 is 1.94 bits per heavy atom. The van der Waals surface area contributed by atoms with Crippen LogP contribution in [0.5, 0.6) is 0 Å². The lowest BCUT2D eigenvalue weighted by molar-refractivity contribution is 0.0785. The van der Waals surface area contributed by atoms with Crippen LogP contribution in [0.25, 0.3) is 5.65 Å². The number of fused-ring (bicyclic) bond motifs is 2. The number of rotatable bonds is 5. The van der Waals surface area contributed by atoms with E-state index in [4.69, 9.17) is 5.10 Å². The number of carbonyl (C=O) groups excluding carboxylic acids is 1. The van der Waals surface area contributed by atoms with Crippen LogP contribution in [0.4, 0.5) is 5.82 Å². The van der Waals surface area contributed by atoms with Gasteiger partial charge in [0, 0.05) is 49.1 Å². The fourth-order valence-corrected chi connectivity index (χ4v) is 4.41. The van der Waals surface area contributed by atoms with Crippen molar-refractivity contribution in [1.82, 2.24) is 30.1 Å². The average Bonchev–Trinajstić information content (AvgIpc) is 3.33. The minimum atomic E-state index is -0.890. The SMILES string of the molecule is Cc1c(N2CCc3ncc(C(=O)NCc4ccc(C(C)(C)O)cc4)cc3C2)nn2cnnc2c1C. The van der Waals surface area contributed by atoms with Crippen LogP contribution in [0.1, 0.15) is 57.7 Å². The highest BCUT2D eigenvalue weighted by Gasteiger charge is 2.23. The zero-order valence-electron chi connectivity index (χ0n) is 20.4. The zero-order valence-corrected chi connectivity index (χ0v) is 20.4. The maximum atomic E-state index is 12.9. The molecule has 3 aromatic heterocycles. The van der Waals surface area contributed by atoms with Gasteiger partial charge in [0.25, 0.3) is 5.91 Å². The lowest BCUT2D eigenvalue weighted by Gasteiger charge is -2.30. The highest BCUT2D eigenvalue weighted by molar-refractivity contribution is 5.94. The van der Waals surface area contributed by atoms with Gasteiger partial charge in [-0.2, -0.15) is 4.52 Å². The fraction of sp³-hybridized carbons (Fsp3) is 0.346. The van der Waals surface area contributed by atoms with Gasteiger partial charge in [0.05, 0.1) is 11.2 Å². The first-order chi connectivity index (χ1) is 16.7. The topological polar surface area (TPSA) is 109 Å². The summed E-state index contributed by atoms with van der Waals surface area (Å²) in [7, 11) is 0. The van der Waals surface area contributed by atoms with E-state index in [2.05, 4.69) is 32.3 Å². The molecule has 0 aliphatic carbocycles. The van der Waals surface area contributed by atoms with Crippen LogP contribution >= 0.6 is 0 Å². The zero-order chi connectivity index (χ0) is 24.7. The molecule has 0 atom stereocenters. The molecule has 0 saturated carbocycles. The molecule has 0 fully saturated rings. The maximum absolute atomic E-state index is 12.9. The van der Waals surface area contributed by atoms with Crippen LogP contribution in [-0.4, -0.2) is 42.4 Å². The number of pyridine rings is 1. The van der Waals surface area contributed by atoms with Crippen LogP contribution in [0.2, 0.25) is 0 Å². The molecule has 1 aromatic carbocycles. The Balaban J connectivity index is 1.31. The van der Waals surface area contributed by atoms with Crippen LogP contribution in [0.3, 0.4) is 0 Å². The van der Waals surface area contributed by atoms with E-state index < -0.39 is 5.60 Å². The van der Waals surface area contributed by atoms with E-state index in [1.807, 2.05) is 37.3 Å². The van der Waals surface area contributed by atoms with Gasteiger partial charge in [0.1, 0.15) is 6.33 Å². The van der Waals surface area contributed by atoms with Gasteiger partial charge >= 0.3 is 0 Å². The summed E-state index contributed by atoms with van der Waals surface area (Å²) < 4.78 is 1.71. The standard InChI is InChI=1S/C26H29N7O2/c1-16-17(2)24(31-33-15-29-30-23(16)33)32-10-9-22-20(14-32)11-19(13-27-22)25(34)28-12-18-5-7-21(8-6-18)26(3,4)35/h5-8,11,13,15,35H,9-10,12,14H2,1-4H3,(H,28,34). The Bertz CT molecular complexity index is 1400. The molecule has 4 aromatic rings. The van der Waals surface area contributed by atoms with Gasteiger partial charge in [-0.15, -0.1) is 15.3 Å². The van der Waals surface area contributed by atoms with Crippen molar-refractivity contribution in [1.29, 1.82) is 0 Å². The number of nitrogens with zero attached hydrogens (tertiary/aromatic N) is 6. The summed E-state index contributed by atoms with van der Waals surface area (Å²) in [6.07, 6.45) is 4.05. The Labute approximate surface area is 203 Å². The molecule has 35 heavy (non-hydrogen) atoms. The van der Waals surface area contributed by atoms with Gasteiger partial charge in [-0.05, 0) is 50.5 Å². The van der Waals surface area contributed by atoms with E-state index >= 15 is 0 Å². The largest absolute Gasteiger partial charge is 0.386 e. The number of carbonyl (C=O) groups is 1. The van der Waals surface area contributed by atoms with Crippen molar-refractivity contribution in [3.8, 4) is 0 Å². The number of amides is 1. The minimum absolute atomic E-state index is 0.167. The number of aromatic nitrogens is 5. The highest BCUT2D eigenvalue weighted by atomic mass is 16.3. The van der Waals surface area contributed by atoms with Gasteiger partial charge in [-0.25, -0.2) is 0 Å². The number of aliphatic hydroxyl groups is 1. The lowest BCUT2D eigenvalue weighted by Crippen LogP contribution is -2.33. The predicted octanol–water partition coefficient (Wildman–Crippen LogP) is 2.86. The van der Waals surface area contributed by atoms with Gasteiger partial charge in [-0.1, -0.05) is 24.3 Å². The van der Waals surface area contributed by atoms with Crippen LogP contribution in [-0.2, 0) is 25.1 Å². The molecule has 0 unspecified atom stereocenters. The quantitative estimate of drug-likeness (QED) is 0.461. The first kappa shape index (κ1) is 22.9. The Hall–Kier alpha value is -3.85. The second kappa shape index (κ2) is 8.74. The normalized spacial score (nSPS) is 13.7. The summed E-state index contributed by atoms with van der Waals surface area (Å²) >= 11 is 0. The molecule has 0 spiro atoms. The molecule has 4 heterocycles.